The average Bonchev–Trinajstić information content (AvgIpc) is 2.65. The predicted octanol–water partition coefficient (Wildman–Crippen LogP) is 3.08. The zero-order chi connectivity index (χ0) is 17.5. The number of nitrogens with one attached hydrogen (secondary N) is 1. The summed E-state index contributed by atoms with van der Waals surface area (Å²) in [6, 6.07) is 7.89. The molecule has 0 radical (unpaired) electrons. The Morgan fingerprint density at radius 2 is 2.17 bits per heavy atom. The number of urea groups is 1. The van der Waals surface area contributed by atoms with Crippen LogP contribution in [0.4, 0.5) is 4.79 Å². The maximum absolute atomic E-state index is 12.6. The molecule has 1 saturated heterocycles. The summed E-state index contributed by atoms with van der Waals surface area (Å²) in [7, 11) is 3.52. The fourth-order valence-corrected chi connectivity index (χ4v) is 3.23. The van der Waals surface area contributed by atoms with Gasteiger partial charge < -0.3 is 15.1 Å². The summed E-state index contributed by atoms with van der Waals surface area (Å²) >= 11 is 0. The summed E-state index contributed by atoms with van der Waals surface area (Å²) < 4.78 is 0. The second kappa shape index (κ2) is 8.71. The number of carbonyl (C=O) groups excluding carboxylic acids is 2. The van der Waals surface area contributed by atoms with Gasteiger partial charge in [-0.15, -0.1) is 0 Å². The van der Waals surface area contributed by atoms with Gasteiger partial charge in [-0.25, -0.2) is 4.79 Å². The Labute approximate surface area is 145 Å². The Kier molecular flexibility index (Phi) is 6.64. The van der Waals surface area contributed by atoms with Gasteiger partial charge in [0.1, 0.15) is 0 Å². The first-order valence-electron chi connectivity index (χ1n) is 8.89. The molecule has 5 nitrogen and oxygen atoms in total. The topological polar surface area (TPSA) is 52.7 Å². The van der Waals surface area contributed by atoms with Crippen molar-refractivity contribution in [3.05, 3.63) is 35.4 Å². The Morgan fingerprint density at radius 1 is 1.38 bits per heavy atom. The molecule has 1 aliphatic heterocycles. The zero-order valence-corrected chi connectivity index (χ0v) is 15.0. The Balaban J connectivity index is 2.09. The first kappa shape index (κ1) is 18.3. The number of hydrogen-bond acceptors (Lipinski definition) is 2. The van der Waals surface area contributed by atoms with Crippen LogP contribution in [0.2, 0.25) is 0 Å². The third-order valence-corrected chi connectivity index (χ3v) is 4.72. The van der Waals surface area contributed by atoms with Crippen molar-refractivity contribution in [2.24, 2.45) is 0 Å². The van der Waals surface area contributed by atoms with Gasteiger partial charge in [0.05, 0.1) is 0 Å². The molecule has 0 spiro atoms. The van der Waals surface area contributed by atoms with E-state index < -0.39 is 0 Å². The summed E-state index contributed by atoms with van der Waals surface area (Å²) in [6.45, 7) is 4.42. The van der Waals surface area contributed by atoms with E-state index in [2.05, 4.69) is 18.3 Å². The largest absolute Gasteiger partial charge is 0.342 e. The standard InChI is InChI=1S/C19H29N3O2/c1-4-5-11-21(3)18(23)16-9-6-8-15(13-16)17-10-7-12-22(14-17)19(24)20-2/h6,8-9,13,17H,4-5,7,10-12,14H2,1-3H3,(H,20,24)/t17-/m0/s1. The minimum Gasteiger partial charge on any atom is -0.342 e. The normalized spacial score (nSPS) is 17.5. The molecule has 1 atom stereocenters. The van der Waals surface area contributed by atoms with Crippen LogP contribution in [0.15, 0.2) is 24.3 Å². The van der Waals surface area contributed by atoms with Gasteiger partial charge in [-0.3, -0.25) is 4.79 Å². The Bertz CT molecular complexity index is 573. The quantitative estimate of drug-likeness (QED) is 0.901. The highest BCUT2D eigenvalue weighted by Gasteiger charge is 2.24. The smallest absolute Gasteiger partial charge is 0.317 e. The van der Waals surface area contributed by atoms with Crippen molar-refractivity contribution in [1.29, 1.82) is 0 Å². The average molecular weight is 331 g/mol. The molecule has 0 saturated carbocycles. The van der Waals surface area contributed by atoms with Crippen LogP contribution in [0, 0.1) is 0 Å². The molecule has 1 aliphatic rings. The summed E-state index contributed by atoms with van der Waals surface area (Å²) in [5.74, 6) is 0.369. The first-order valence-corrected chi connectivity index (χ1v) is 8.89. The highest BCUT2D eigenvalue weighted by molar-refractivity contribution is 5.94. The van der Waals surface area contributed by atoms with Crippen LogP contribution in [0.25, 0.3) is 0 Å². The molecular weight excluding hydrogens is 302 g/mol. The monoisotopic (exact) mass is 331 g/mol. The van der Waals surface area contributed by atoms with Gasteiger partial charge >= 0.3 is 6.03 Å². The minimum atomic E-state index is -0.0220. The number of carbonyl (C=O) groups is 2. The second-order valence-corrected chi connectivity index (χ2v) is 6.55. The molecule has 1 fully saturated rings. The summed E-state index contributed by atoms with van der Waals surface area (Å²) in [6.07, 6.45) is 4.14. The summed E-state index contributed by atoms with van der Waals surface area (Å²) in [4.78, 5) is 28.1. The van der Waals surface area contributed by atoms with Crippen LogP contribution in [-0.4, -0.2) is 55.5 Å². The molecule has 0 unspecified atom stereocenters. The molecule has 5 heteroatoms. The second-order valence-electron chi connectivity index (χ2n) is 6.55. The Morgan fingerprint density at radius 3 is 2.88 bits per heavy atom. The molecule has 2 rings (SSSR count). The van der Waals surface area contributed by atoms with Crippen LogP contribution in [-0.2, 0) is 0 Å². The van der Waals surface area contributed by atoms with E-state index in [1.807, 2.05) is 30.1 Å². The molecule has 132 valence electrons. The zero-order valence-electron chi connectivity index (χ0n) is 15.0. The minimum absolute atomic E-state index is 0.0220. The van der Waals surface area contributed by atoms with Crippen LogP contribution in [0.1, 0.15) is 54.4 Å². The maximum atomic E-state index is 12.6. The molecule has 0 aliphatic carbocycles. The summed E-state index contributed by atoms with van der Waals surface area (Å²) in [5.41, 5.74) is 1.89. The van der Waals surface area contributed by atoms with Crippen molar-refractivity contribution in [2.45, 2.75) is 38.5 Å². The molecule has 0 bridgehead atoms. The van der Waals surface area contributed by atoms with E-state index in [-0.39, 0.29) is 11.9 Å². The van der Waals surface area contributed by atoms with Crippen molar-refractivity contribution in [2.75, 3.05) is 33.7 Å². The molecule has 0 aromatic heterocycles. The highest BCUT2D eigenvalue weighted by atomic mass is 16.2. The van der Waals surface area contributed by atoms with Crippen LogP contribution >= 0.6 is 0 Å². The van der Waals surface area contributed by atoms with Gasteiger partial charge in [0.15, 0.2) is 0 Å². The maximum Gasteiger partial charge on any atom is 0.317 e. The molecule has 1 heterocycles. The third-order valence-electron chi connectivity index (χ3n) is 4.72. The van der Waals surface area contributed by atoms with Crippen molar-refractivity contribution < 1.29 is 9.59 Å². The van der Waals surface area contributed by atoms with Gasteiger partial charge in [-0.2, -0.15) is 0 Å². The fourth-order valence-electron chi connectivity index (χ4n) is 3.23. The number of amides is 3. The van der Waals surface area contributed by atoms with E-state index in [1.54, 1.807) is 11.9 Å². The van der Waals surface area contributed by atoms with E-state index in [0.29, 0.717) is 12.5 Å². The van der Waals surface area contributed by atoms with Crippen LogP contribution in [0.3, 0.4) is 0 Å². The molecule has 3 amide bonds. The van der Waals surface area contributed by atoms with E-state index in [9.17, 15) is 9.59 Å². The van der Waals surface area contributed by atoms with Crippen LogP contribution < -0.4 is 5.32 Å². The molecule has 1 N–H and O–H groups in total. The van der Waals surface area contributed by atoms with Crippen molar-refractivity contribution >= 4 is 11.9 Å². The van der Waals surface area contributed by atoms with Crippen LogP contribution in [0.5, 0.6) is 0 Å². The number of benzene rings is 1. The van der Waals surface area contributed by atoms with Crippen molar-refractivity contribution in [3.8, 4) is 0 Å². The number of likely N-dealkylation sites (tertiary alicyclic amines) is 1. The summed E-state index contributed by atoms with van der Waals surface area (Å²) in [5, 5.41) is 2.70. The lowest BCUT2D eigenvalue weighted by Crippen LogP contribution is -2.43. The van der Waals surface area contributed by atoms with Gasteiger partial charge in [0.2, 0.25) is 0 Å². The van der Waals surface area contributed by atoms with E-state index in [0.717, 1.165) is 49.9 Å². The van der Waals surface area contributed by atoms with Gasteiger partial charge in [-0.1, -0.05) is 25.5 Å². The Hall–Kier alpha value is -2.04. The van der Waals surface area contributed by atoms with Crippen molar-refractivity contribution in [1.82, 2.24) is 15.1 Å². The van der Waals surface area contributed by atoms with Crippen molar-refractivity contribution in [3.63, 3.8) is 0 Å². The third kappa shape index (κ3) is 4.49. The first-order chi connectivity index (χ1) is 11.6. The predicted molar refractivity (Wildman–Crippen MR) is 96.3 cm³/mol. The lowest BCUT2D eigenvalue weighted by atomic mass is 9.89. The van der Waals surface area contributed by atoms with Gasteiger partial charge in [-0.05, 0) is 37.0 Å². The van der Waals surface area contributed by atoms with E-state index >= 15 is 0 Å². The lowest BCUT2D eigenvalue weighted by Gasteiger charge is -2.32. The SMILES string of the molecule is CCCCN(C)C(=O)c1cccc([C@H]2CCCN(C(=O)NC)C2)c1. The molecular formula is C19H29N3O2. The highest BCUT2D eigenvalue weighted by Crippen LogP contribution is 2.27. The number of hydrogen-bond donors (Lipinski definition) is 1. The molecule has 24 heavy (non-hydrogen) atoms. The lowest BCUT2D eigenvalue weighted by molar-refractivity contribution is 0.0793. The number of unbranched alkanes of at least 4 members (excludes halogenated alkanes) is 1. The fraction of sp³-hybridized carbons (Fsp3) is 0.579. The molecule has 1 aromatic rings. The van der Waals surface area contributed by atoms with E-state index in [4.69, 9.17) is 0 Å². The molecule has 1 aromatic carbocycles. The number of nitrogens with zero attached hydrogens (tertiary/aromatic N) is 2. The van der Waals surface area contributed by atoms with Gasteiger partial charge in [0, 0.05) is 45.2 Å². The number of rotatable bonds is 5. The van der Waals surface area contributed by atoms with Gasteiger partial charge in [0.25, 0.3) is 5.91 Å². The number of piperidine rings is 1. The van der Waals surface area contributed by atoms with E-state index in [1.165, 1.54) is 0 Å².